The lowest BCUT2D eigenvalue weighted by Gasteiger charge is -2.15. The van der Waals surface area contributed by atoms with Crippen LogP contribution in [-0.4, -0.2) is 41.7 Å². The van der Waals surface area contributed by atoms with Crippen LogP contribution in [-0.2, 0) is 28.5 Å². The van der Waals surface area contributed by atoms with Gasteiger partial charge in [-0.05, 0) is 68.1 Å². The number of ether oxygens (including phenoxy) is 2. The van der Waals surface area contributed by atoms with Crippen molar-refractivity contribution in [2.75, 3.05) is 13.2 Å². The Bertz CT molecular complexity index is 1880. The van der Waals surface area contributed by atoms with E-state index >= 15 is 0 Å². The van der Waals surface area contributed by atoms with Crippen molar-refractivity contribution in [2.45, 2.75) is 52.3 Å². The number of carbonyl (C=O) groups is 2. The molecule has 1 unspecified atom stereocenters. The lowest BCUT2D eigenvalue weighted by molar-refractivity contribution is -0.144. The van der Waals surface area contributed by atoms with Gasteiger partial charge >= 0.3 is 12.1 Å². The van der Waals surface area contributed by atoms with Gasteiger partial charge in [0, 0.05) is 46.2 Å². The SMILES string of the molecule is CCOC(=O)C(Cc1ccc(OCCc2nc(-c3ccccc3)oc2C)c2ccsc12)N=C(C)CC(=O)c1ccc(C(F)(F)F)cc1. The van der Waals surface area contributed by atoms with Gasteiger partial charge in [-0.2, -0.15) is 13.2 Å². The quantitative estimate of drug-likeness (QED) is 0.0712. The Balaban J connectivity index is 1.27. The zero-order valence-corrected chi connectivity index (χ0v) is 26.9. The van der Waals surface area contributed by atoms with Crippen molar-refractivity contribution < 1.29 is 36.7 Å². The molecule has 5 rings (SSSR count). The Morgan fingerprint density at radius 3 is 2.47 bits per heavy atom. The minimum absolute atomic E-state index is 0.131. The van der Waals surface area contributed by atoms with Crippen LogP contribution in [0.25, 0.3) is 21.5 Å². The third-order valence-corrected chi connectivity index (χ3v) is 8.46. The number of alkyl halides is 3. The number of rotatable bonds is 13. The molecule has 3 aromatic carbocycles. The number of halogens is 3. The van der Waals surface area contributed by atoms with Gasteiger partial charge in [0.15, 0.2) is 11.8 Å². The van der Waals surface area contributed by atoms with E-state index in [0.717, 1.165) is 56.9 Å². The van der Waals surface area contributed by atoms with Gasteiger partial charge in [-0.25, -0.2) is 9.78 Å². The molecule has 1 atom stereocenters. The average molecular weight is 663 g/mol. The number of nitrogens with zero attached hydrogens (tertiary/aromatic N) is 2. The number of hydrogen-bond donors (Lipinski definition) is 0. The number of oxazole rings is 1. The summed E-state index contributed by atoms with van der Waals surface area (Å²) in [5.74, 6) is 1.08. The van der Waals surface area contributed by atoms with E-state index in [9.17, 15) is 22.8 Å². The van der Waals surface area contributed by atoms with Gasteiger partial charge in [0.2, 0.25) is 5.89 Å². The molecule has 7 nitrogen and oxygen atoms in total. The predicted molar refractivity (Wildman–Crippen MR) is 175 cm³/mol. The zero-order valence-electron chi connectivity index (χ0n) is 26.1. The van der Waals surface area contributed by atoms with E-state index in [0.29, 0.717) is 30.4 Å². The van der Waals surface area contributed by atoms with Crippen molar-refractivity contribution >= 4 is 38.9 Å². The summed E-state index contributed by atoms with van der Waals surface area (Å²) in [4.78, 5) is 34.9. The molecule has 0 saturated carbocycles. The number of hydrogen-bond acceptors (Lipinski definition) is 8. The molecule has 0 fully saturated rings. The Hall–Kier alpha value is -4.77. The highest BCUT2D eigenvalue weighted by molar-refractivity contribution is 7.17. The molecule has 0 bridgehead atoms. The molecule has 0 aliphatic heterocycles. The van der Waals surface area contributed by atoms with Crippen molar-refractivity contribution in [1.82, 2.24) is 4.98 Å². The van der Waals surface area contributed by atoms with Crippen LogP contribution < -0.4 is 4.74 Å². The molecule has 5 aromatic rings. The van der Waals surface area contributed by atoms with E-state index in [4.69, 9.17) is 13.9 Å². The highest BCUT2D eigenvalue weighted by Gasteiger charge is 2.30. The molecule has 11 heteroatoms. The first-order valence-electron chi connectivity index (χ1n) is 15.1. The molecular formula is C36H33F3N2O5S. The maximum absolute atomic E-state index is 13.0. The Morgan fingerprint density at radius 2 is 1.77 bits per heavy atom. The second-order valence-corrected chi connectivity index (χ2v) is 11.8. The molecule has 0 aliphatic carbocycles. The number of aromatic nitrogens is 1. The average Bonchev–Trinajstić information content (AvgIpc) is 3.69. The molecule has 0 amide bonds. The number of carbonyl (C=O) groups excluding carboxylic acids is 2. The van der Waals surface area contributed by atoms with Crippen LogP contribution in [0.5, 0.6) is 5.75 Å². The summed E-state index contributed by atoms with van der Waals surface area (Å²) >= 11 is 1.52. The molecule has 2 aromatic heterocycles. The molecule has 0 aliphatic rings. The number of thiophene rings is 1. The molecule has 0 spiro atoms. The summed E-state index contributed by atoms with van der Waals surface area (Å²) in [5.41, 5.74) is 2.26. The number of aryl methyl sites for hydroxylation is 1. The molecule has 0 N–H and O–H groups in total. The van der Waals surface area contributed by atoms with Gasteiger partial charge in [-0.15, -0.1) is 11.3 Å². The fraction of sp³-hybridized carbons (Fsp3) is 0.278. The van der Waals surface area contributed by atoms with Crippen LogP contribution in [0.2, 0.25) is 0 Å². The number of fused-ring (bicyclic) bond motifs is 1. The maximum Gasteiger partial charge on any atom is 0.416 e. The van der Waals surface area contributed by atoms with Gasteiger partial charge in [0.1, 0.15) is 11.5 Å². The van der Waals surface area contributed by atoms with E-state index in [1.165, 1.54) is 11.3 Å². The van der Waals surface area contributed by atoms with Gasteiger partial charge in [-0.1, -0.05) is 36.4 Å². The zero-order chi connectivity index (χ0) is 33.6. The van der Waals surface area contributed by atoms with Gasteiger partial charge < -0.3 is 13.9 Å². The van der Waals surface area contributed by atoms with Crippen molar-refractivity contribution in [1.29, 1.82) is 0 Å². The van der Waals surface area contributed by atoms with E-state index < -0.39 is 29.5 Å². The standard InChI is InChI=1S/C36H33F3N2O5S/c1-4-44-35(43)30(40-22(2)20-31(42)24-10-13-27(14-11-24)36(37,38)39)21-26-12-15-32(28-17-19-47-33(26)28)45-18-16-29-23(3)46-34(41-29)25-8-6-5-7-9-25/h5-15,17,19,30H,4,16,18,20-21H2,1-3H3. The van der Waals surface area contributed by atoms with Crippen LogP contribution in [0.3, 0.4) is 0 Å². The largest absolute Gasteiger partial charge is 0.493 e. The van der Waals surface area contributed by atoms with E-state index in [2.05, 4.69) is 9.98 Å². The summed E-state index contributed by atoms with van der Waals surface area (Å²) in [7, 11) is 0. The Kier molecular flexibility index (Phi) is 10.6. The lowest BCUT2D eigenvalue weighted by atomic mass is 10.0. The topological polar surface area (TPSA) is 91.0 Å². The van der Waals surface area contributed by atoms with Crippen LogP contribution >= 0.6 is 11.3 Å². The minimum atomic E-state index is -4.49. The van der Waals surface area contributed by atoms with Gasteiger partial charge in [0.05, 0.1) is 24.5 Å². The molecule has 0 saturated heterocycles. The molecular weight excluding hydrogens is 629 g/mol. The summed E-state index contributed by atoms with van der Waals surface area (Å²) in [5, 5.41) is 2.85. The summed E-state index contributed by atoms with van der Waals surface area (Å²) in [6, 6.07) is 18.5. The smallest absolute Gasteiger partial charge is 0.416 e. The van der Waals surface area contributed by atoms with Crippen LogP contribution in [0.4, 0.5) is 13.2 Å². The Labute approximate surface area is 274 Å². The number of Topliss-reactive ketones (excluding diaryl/α,β-unsaturated/α-hetero) is 1. The molecule has 2 heterocycles. The first-order chi connectivity index (χ1) is 22.5. The number of benzene rings is 3. The minimum Gasteiger partial charge on any atom is -0.493 e. The summed E-state index contributed by atoms with van der Waals surface area (Å²) in [6.45, 7) is 5.74. The fourth-order valence-corrected chi connectivity index (χ4v) is 6.06. The monoisotopic (exact) mass is 662 g/mol. The molecule has 244 valence electrons. The number of aliphatic imine (C=N–C) groups is 1. The maximum atomic E-state index is 13.0. The predicted octanol–water partition coefficient (Wildman–Crippen LogP) is 8.71. The highest BCUT2D eigenvalue weighted by Crippen LogP contribution is 2.34. The van der Waals surface area contributed by atoms with Crippen LogP contribution in [0.15, 0.2) is 87.6 Å². The van der Waals surface area contributed by atoms with E-state index in [1.807, 2.05) is 60.8 Å². The third kappa shape index (κ3) is 8.34. The van der Waals surface area contributed by atoms with E-state index in [1.54, 1.807) is 13.8 Å². The number of ketones is 1. The molecule has 0 radical (unpaired) electrons. The first kappa shape index (κ1) is 33.6. The van der Waals surface area contributed by atoms with Crippen LogP contribution in [0.1, 0.15) is 53.2 Å². The second-order valence-electron chi connectivity index (χ2n) is 10.9. The van der Waals surface area contributed by atoms with Gasteiger partial charge in [0.25, 0.3) is 0 Å². The first-order valence-corrected chi connectivity index (χ1v) is 16.0. The van der Waals surface area contributed by atoms with E-state index in [-0.39, 0.29) is 25.0 Å². The second kappa shape index (κ2) is 14.8. The Morgan fingerprint density at radius 1 is 1.02 bits per heavy atom. The van der Waals surface area contributed by atoms with Gasteiger partial charge in [-0.3, -0.25) is 9.79 Å². The normalized spacial score (nSPS) is 12.7. The van der Waals surface area contributed by atoms with Crippen molar-refractivity contribution in [3.63, 3.8) is 0 Å². The fourth-order valence-electron chi connectivity index (χ4n) is 5.12. The summed E-state index contributed by atoms with van der Waals surface area (Å²) in [6.07, 6.45) is -3.86. The summed E-state index contributed by atoms with van der Waals surface area (Å²) < 4.78 is 57.0. The molecule has 47 heavy (non-hydrogen) atoms. The van der Waals surface area contributed by atoms with Crippen molar-refractivity contribution in [3.05, 3.63) is 106 Å². The van der Waals surface area contributed by atoms with Crippen molar-refractivity contribution in [3.8, 4) is 17.2 Å². The van der Waals surface area contributed by atoms with Crippen molar-refractivity contribution in [2.24, 2.45) is 4.99 Å². The lowest BCUT2D eigenvalue weighted by Crippen LogP contribution is -2.25. The third-order valence-electron chi connectivity index (χ3n) is 7.47. The van der Waals surface area contributed by atoms with Crippen LogP contribution in [0, 0.1) is 6.92 Å². The highest BCUT2D eigenvalue weighted by atomic mass is 32.1. The number of esters is 1.